The molecule has 2 aromatic rings. The summed E-state index contributed by atoms with van der Waals surface area (Å²) in [4.78, 5) is 27.8. The molecule has 6 nitrogen and oxygen atoms in total. The summed E-state index contributed by atoms with van der Waals surface area (Å²) in [5.74, 6) is 0.424. The lowest BCUT2D eigenvalue weighted by atomic mass is 10.0. The lowest BCUT2D eigenvalue weighted by molar-refractivity contribution is -0.122. The van der Waals surface area contributed by atoms with Crippen LogP contribution >= 0.6 is 24.0 Å². The summed E-state index contributed by atoms with van der Waals surface area (Å²) in [6, 6.07) is 11.8. The van der Waals surface area contributed by atoms with Crippen LogP contribution in [0.1, 0.15) is 42.0 Å². The monoisotopic (exact) mass is 452 g/mol. The van der Waals surface area contributed by atoms with E-state index in [-0.39, 0.29) is 17.0 Å². The zero-order valence-electron chi connectivity index (χ0n) is 17.8. The van der Waals surface area contributed by atoms with Crippen LogP contribution in [-0.2, 0) is 18.4 Å². The van der Waals surface area contributed by atoms with E-state index in [9.17, 15) is 14.9 Å². The number of hydrogen-bond acceptors (Lipinski definition) is 6. The fourth-order valence-corrected chi connectivity index (χ4v) is 4.66. The van der Waals surface area contributed by atoms with E-state index in [1.807, 2.05) is 36.4 Å². The summed E-state index contributed by atoms with van der Waals surface area (Å²) in [5, 5.41) is 12.9. The lowest BCUT2D eigenvalue weighted by Crippen LogP contribution is -2.29. The first-order valence-corrected chi connectivity index (χ1v) is 11.3. The van der Waals surface area contributed by atoms with Gasteiger partial charge in [0.2, 0.25) is 0 Å². The standard InChI is InChI=1S/C23H24N4O2S2/c1-4-5-11-27-22(29)19(31-23(27)30)12-17-15(2)18(13-24)21(28)26(3)20(17)25-14-16-9-7-6-8-10-16/h6-10,12,25H,4-5,11,14H2,1-3H3/b19-12+. The minimum absolute atomic E-state index is 0.0699. The molecular formula is C23H24N4O2S2. The molecule has 1 aromatic heterocycles. The van der Waals surface area contributed by atoms with Crippen molar-refractivity contribution in [2.45, 2.75) is 33.2 Å². The molecule has 3 rings (SSSR count). The second kappa shape index (κ2) is 9.94. The highest BCUT2D eigenvalue weighted by molar-refractivity contribution is 8.26. The number of nitriles is 1. The van der Waals surface area contributed by atoms with Gasteiger partial charge >= 0.3 is 0 Å². The van der Waals surface area contributed by atoms with Gasteiger partial charge < -0.3 is 5.32 Å². The van der Waals surface area contributed by atoms with Crippen LogP contribution in [0.5, 0.6) is 0 Å². The first-order chi connectivity index (χ1) is 14.9. The molecule has 0 spiro atoms. The summed E-state index contributed by atoms with van der Waals surface area (Å²) in [7, 11) is 1.62. The molecular weight excluding hydrogens is 428 g/mol. The van der Waals surface area contributed by atoms with Gasteiger partial charge in [-0.05, 0) is 30.5 Å². The number of aromatic nitrogens is 1. The Morgan fingerprint density at radius 3 is 2.61 bits per heavy atom. The molecule has 0 unspecified atom stereocenters. The summed E-state index contributed by atoms with van der Waals surface area (Å²) in [6.07, 6.45) is 3.59. The van der Waals surface area contributed by atoms with Crippen LogP contribution in [0, 0.1) is 18.3 Å². The first kappa shape index (κ1) is 22.8. The Hall–Kier alpha value is -2.89. The van der Waals surface area contributed by atoms with E-state index < -0.39 is 0 Å². The second-order valence-corrected chi connectivity index (χ2v) is 8.94. The number of thioether (sulfide) groups is 1. The summed E-state index contributed by atoms with van der Waals surface area (Å²) >= 11 is 6.66. The van der Waals surface area contributed by atoms with E-state index in [0.717, 1.165) is 18.4 Å². The van der Waals surface area contributed by atoms with Crippen LogP contribution in [0.4, 0.5) is 5.82 Å². The van der Waals surface area contributed by atoms with Crippen LogP contribution in [0.3, 0.4) is 0 Å². The van der Waals surface area contributed by atoms with Crippen molar-refractivity contribution in [2.24, 2.45) is 7.05 Å². The third-order valence-electron chi connectivity index (χ3n) is 5.19. The SMILES string of the molecule is CCCCN1C(=O)/C(=C\c2c(C)c(C#N)c(=O)n(C)c2NCc2ccccc2)SC1=S. The van der Waals surface area contributed by atoms with Gasteiger partial charge in [0.15, 0.2) is 0 Å². The predicted octanol–water partition coefficient (Wildman–Crippen LogP) is 4.18. The van der Waals surface area contributed by atoms with Gasteiger partial charge in [0, 0.05) is 25.7 Å². The molecule has 160 valence electrons. The van der Waals surface area contributed by atoms with Gasteiger partial charge in [0.25, 0.3) is 11.5 Å². The van der Waals surface area contributed by atoms with Crippen molar-refractivity contribution >= 4 is 46.1 Å². The minimum Gasteiger partial charge on any atom is -0.367 e. The van der Waals surface area contributed by atoms with E-state index in [1.165, 1.54) is 16.3 Å². The first-order valence-electron chi connectivity index (χ1n) is 10.1. The van der Waals surface area contributed by atoms with Crippen LogP contribution in [0.2, 0.25) is 0 Å². The number of carbonyl (C=O) groups excluding carboxylic acids is 1. The number of carbonyl (C=O) groups is 1. The fraction of sp³-hybridized carbons (Fsp3) is 0.304. The van der Waals surface area contributed by atoms with Crippen molar-refractivity contribution in [3.05, 3.63) is 67.8 Å². The highest BCUT2D eigenvalue weighted by atomic mass is 32.2. The Morgan fingerprint density at radius 2 is 1.97 bits per heavy atom. The summed E-state index contributed by atoms with van der Waals surface area (Å²) < 4.78 is 1.96. The van der Waals surface area contributed by atoms with Gasteiger partial charge in [-0.2, -0.15) is 5.26 Å². The third-order valence-corrected chi connectivity index (χ3v) is 6.56. The number of pyridine rings is 1. The van der Waals surface area contributed by atoms with E-state index in [0.29, 0.717) is 39.3 Å². The van der Waals surface area contributed by atoms with Gasteiger partial charge in [0.05, 0.1) is 4.91 Å². The summed E-state index contributed by atoms with van der Waals surface area (Å²) in [5.41, 5.74) is 1.93. The number of hydrogen-bond donors (Lipinski definition) is 1. The number of amides is 1. The molecule has 0 radical (unpaired) electrons. The molecule has 31 heavy (non-hydrogen) atoms. The third kappa shape index (κ3) is 4.73. The number of thiocarbonyl (C=S) groups is 1. The molecule has 8 heteroatoms. The molecule has 0 aliphatic carbocycles. The molecule has 1 aromatic carbocycles. The molecule has 1 N–H and O–H groups in total. The zero-order valence-corrected chi connectivity index (χ0v) is 19.4. The van der Waals surface area contributed by atoms with Crippen LogP contribution in [0.25, 0.3) is 6.08 Å². The van der Waals surface area contributed by atoms with Crippen molar-refractivity contribution in [3.63, 3.8) is 0 Å². The molecule has 1 amide bonds. The van der Waals surface area contributed by atoms with Crippen LogP contribution < -0.4 is 10.9 Å². The van der Waals surface area contributed by atoms with E-state index in [2.05, 4.69) is 12.2 Å². The average Bonchev–Trinajstić information content (AvgIpc) is 3.03. The maximum atomic E-state index is 12.9. The Labute approximate surface area is 191 Å². The van der Waals surface area contributed by atoms with Gasteiger partial charge in [0.1, 0.15) is 21.8 Å². The molecule has 0 atom stereocenters. The zero-order chi connectivity index (χ0) is 22.5. The second-order valence-electron chi connectivity index (χ2n) is 7.26. The Morgan fingerprint density at radius 1 is 1.26 bits per heavy atom. The quantitative estimate of drug-likeness (QED) is 0.502. The minimum atomic E-state index is -0.372. The van der Waals surface area contributed by atoms with Crippen LogP contribution in [-0.4, -0.2) is 26.2 Å². The van der Waals surface area contributed by atoms with Crippen molar-refractivity contribution in [1.82, 2.24) is 9.47 Å². The van der Waals surface area contributed by atoms with E-state index in [4.69, 9.17) is 12.2 Å². The Bertz CT molecular complexity index is 1150. The van der Waals surface area contributed by atoms with Gasteiger partial charge in [-0.3, -0.25) is 19.1 Å². The van der Waals surface area contributed by atoms with Gasteiger partial charge in [-0.25, -0.2) is 0 Å². The fourth-order valence-electron chi connectivity index (χ4n) is 3.37. The molecule has 0 saturated carbocycles. The molecule has 2 heterocycles. The largest absolute Gasteiger partial charge is 0.367 e. The molecule has 1 saturated heterocycles. The molecule has 0 bridgehead atoms. The van der Waals surface area contributed by atoms with E-state index >= 15 is 0 Å². The van der Waals surface area contributed by atoms with Crippen molar-refractivity contribution in [3.8, 4) is 6.07 Å². The topological polar surface area (TPSA) is 78.1 Å². The molecule has 1 aliphatic rings. The smallest absolute Gasteiger partial charge is 0.270 e. The van der Waals surface area contributed by atoms with Gasteiger partial charge in [-0.15, -0.1) is 0 Å². The maximum Gasteiger partial charge on any atom is 0.270 e. The average molecular weight is 453 g/mol. The number of nitrogens with zero attached hydrogens (tertiary/aromatic N) is 3. The predicted molar refractivity (Wildman–Crippen MR) is 130 cm³/mol. The van der Waals surface area contributed by atoms with Crippen LogP contribution in [0.15, 0.2) is 40.0 Å². The summed E-state index contributed by atoms with van der Waals surface area (Å²) in [6.45, 7) is 4.89. The lowest BCUT2D eigenvalue weighted by Gasteiger charge is -2.18. The van der Waals surface area contributed by atoms with Crippen molar-refractivity contribution in [2.75, 3.05) is 11.9 Å². The maximum absolute atomic E-state index is 12.9. The number of anilines is 1. The molecule has 1 fully saturated rings. The number of nitrogens with one attached hydrogen (secondary N) is 1. The van der Waals surface area contributed by atoms with Crippen molar-refractivity contribution < 1.29 is 4.79 Å². The normalized spacial score (nSPS) is 14.9. The highest BCUT2D eigenvalue weighted by Gasteiger charge is 2.32. The van der Waals surface area contributed by atoms with Gasteiger partial charge in [-0.1, -0.05) is 67.7 Å². The van der Waals surface area contributed by atoms with E-state index in [1.54, 1.807) is 24.9 Å². The number of unbranched alkanes of at least 4 members (excludes halogenated alkanes) is 1. The Kier molecular flexibility index (Phi) is 7.31. The molecule has 1 aliphatic heterocycles. The highest BCUT2D eigenvalue weighted by Crippen LogP contribution is 2.35. The number of benzene rings is 1. The Balaban J connectivity index is 2.06. The number of rotatable bonds is 7. The van der Waals surface area contributed by atoms with Crippen molar-refractivity contribution in [1.29, 1.82) is 5.26 Å².